The number of nitrogens with one attached hydrogen (secondary N) is 1. The highest BCUT2D eigenvalue weighted by Crippen LogP contribution is 2.25. The zero-order chi connectivity index (χ0) is 19.8. The molecule has 0 heterocycles. The van der Waals surface area contributed by atoms with Gasteiger partial charge < -0.3 is 14.8 Å². The van der Waals surface area contributed by atoms with Gasteiger partial charge in [-0.05, 0) is 66.9 Å². The fraction of sp³-hybridized carbons (Fsp3) is 0.250. The van der Waals surface area contributed by atoms with Crippen LogP contribution < -0.4 is 14.8 Å². The number of rotatable bonds is 9. The Balaban J connectivity index is 1.38. The standard InChI is InChI=1S/C24H26ClNO2/c1-18-16-23(17-19(2)24(18)25)28-15-13-26-21-8-10-22(11-9-21)27-14-12-20-6-4-3-5-7-20/h3-11,16-17,26H,12-15H2,1-2H3. The highest BCUT2D eigenvalue weighted by Gasteiger charge is 2.03. The van der Waals surface area contributed by atoms with Crippen LogP contribution in [0.1, 0.15) is 16.7 Å². The minimum atomic E-state index is 0.579. The van der Waals surface area contributed by atoms with E-state index in [1.165, 1.54) is 5.56 Å². The average Bonchev–Trinajstić information content (AvgIpc) is 2.71. The molecule has 0 spiro atoms. The van der Waals surface area contributed by atoms with Crippen molar-refractivity contribution < 1.29 is 9.47 Å². The van der Waals surface area contributed by atoms with Crippen LogP contribution in [0.4, 0.5) is 5.69 Å². The van der Waals surface area contributed by atoms with E-state index in [1.807, 2.05) is 56.3 Å². The van der Waals surface area contributed by atoms with Crippen LogP contribution in [0, 0.1) is 13.8 Å². The van der Waals surface area contributed by atoms with Crippen molar-refractivity contribution in [1.82, 2.24) is 0 Å². The van der Waals surface area contributed by atoms with E-state index in [9.17, 15) is 0 Å². The van der Waals surface area contributed by atoms with E-state index < -0.39 is 0 Å². The Labute approximate surface area is 172 Å². The Morgan fingerprint density at radius 1 is 0.786 bits per heavy atom. The third kappa shape index (κ3) is 5.93. The van der Waals surface area contributed by atoms with Crippen molar-refractivity contribution >= 4 is 17.3 Å². The largest absolute Gasteiger partial charge is 0.493 e. The second-order valence-corrected chi connectivity index (χ2v) is 7.13. The Kier molecular flexibility index (Phi) is 7.21. The summed E-state index contributed by atoms with van der Waals surface area (Å²) in [5.41, 5.74) is 4.40. The van der Waals surface area contributed by atoms with Crippen LogP contribution in [0.2, 0.25) is 5.02 Å². The van der Waals surface area contributed by atoms with Gasteiger partial charge in [0.05, 0.1) is 6.61 Å². The summed E-state index contributed by atoms with van der Waals surface area (Å²) in [6, 6.07) is 22.3. The third-order valence-electron chi connectivity index (χ3n) is 4.47. The molecule has 0 atom stereocenters. The van der Waals surface area contributed by atoms with Gasteiger partial charge in [-0.1, -0.05) is 41.9 Å². The van der Waals surface area contributed by atoms with Crippen LogP contribution in [-0.2, 0) is 6.42 Å². The van der Waals surface area contributed by atoms with Crippen LogP contribution in [0.15, 0.2) is 66.7 Å². The lowest BCUT2D eigenvalue weighted by Gasteiger charge is -2.12. The van der Waals surface area contributed by atoms with Crippen molar-refractivity contribution in [2.45, 2.75) is 20.3 Å². The summed E-state index contributed by atoms with van der Waals surface area (Å²) in [6.45, 7) is 5.95. The zero-order valence-electron chi connectivity index (χ0n) is 16.4. The Bertz CT molecular complexity index is 856. The van der Waals surface area contributed by atoms with E-state index in [1.54, 1.807) is 0 Å². The summed E-state index contributed by atoms with van der Waals surface area (Å²) in [5, 5.41) is 4.16. The Morgan fingerprint density at radius 2 is 1.43 bits per heavy atom. The van der Waals surface area contributed by atoms with E-state index >= 15 is 0 Å². The summed E-state index contributed by atoms with van der Waals surface area (Å²) in [4.78, 5) is 0. The number of hydrogen-bond donors (Lipinski definition) is 1. The molecule has 0 radical (unpaired) electrons. The van der Waals surface area contributed by atoms with Gasteiger partial charge in [-0.3, -0.25) is 0 Å². The highest BCUT2D eigenvalue weighted by molar-refractivity contribution is 6.32. The van der Waals surface area contributed by atoms with Crippen LogP contribution in [0.3, 0.4) is 0 Å². The summed E-state index contributed by atoms with van der Waals surface area (Å²) in [6.07, 6.45) is 0.905. The maximum Gasteiger partial charge on any atom is 0.120 e. The maximum atomic E-state index is 6.19. The predicted octanol–water partition coefficient (Wildman–Crippen LogP) is 6.07. The second kappa shape index (κ2) is 10.0. The Morgan fingerprint density at radius 3 is 2.11 bits per heavy atom. The maximum absolute atomic E-state index is 6.19. The molecule has 0 bridgehead atoms. The summed E-state index contributed by atoms with van der Waals surface area (Å²) in [7, 11) is 0. The first kappa shape index (κ1) is 20.1. The van der Waals surface area contributed by atoms with Gasteiger partial charge in [0, 0.05) is 23.7 Å². The molecule has 3 rings (SSSR count). The summed E-state index contributed by atoms with van der Waals surface area (Å²) < 4.78 is 11.6. The van der Waals surface area contributed by atoms with Crippen molar-refractivity contribution in [2.24, 2.45) is 0 Å². The third-order valence-corrected chi connectivity index (χ3v) is 5.06. The molecule has 1 N–H and O–H groups in total. The quantitative estimate of drug-likeness (QED) is 0.446. The number of ether oxygens (including phenoxy) is 2. The van der Waals surface area contributed by atoms with Crippen LogP contribution in [0.5, 0.6) is 11.5 Å². The second-order valence-electron chi connectivity index (χ2n) is 6.75. The molecule has 0 saturated heterocycles. The fourth-order valence-corrected chi connectivity index (χ4v) is 3.06. The lowest BCUT2D eigenvalue weighted by molar-refractivity contribution is 0.322. The van der Waals surface area contributed by atoms with Crippen LogP contribution in [0.25, 0.3) is 0 Å². The SMILES string of the molecule is Cc1cc(OCCNc2ccc(OCCc3ccccc3)cc2)cc(C)c1Cl. The summed E-state index contributed by atoms with van der Waals surface area (Å²) in [5.74, 6) is 1.73. The fourth-order valence-electron chi connectivity index (χ4n) is 2.95. The molecule has 0 aliphatic rings. The van der Waals surface area contributed by atoms with Crippen molar-refractivity contribution in [1.29, 1.82) is 0 Å². The molecule has 0 unspecified atom stereocenters. The van der Waals surface area contributed by atoms with Gasteiger partial charge >= 0.3 is 0 Å². The lowest BCUT2D eigenvalue weighted by Crippen LogP contribution is -2.11. The van der Waals surface area contributed by atoms with E-state index in [4.69, 9.17) is 21.1 Å². The summed E-state index contributed by atoms with van der Waals surface area (Å²) >= 11 is 6.19. The van der Waals surface area contributed by atoms with Crippen LogP contribution >= 0.6 is 11.6 Å². The molecule has 0 aromatic heterocycles. The molecule has 0 fully saturated rings. The number of anilines is 1. The molecule has 0 aliphatic heterocycles. The number of hydrogen-bond acceptors (Lipinski definition) is 3. The van der Waals surface area contributed by atoms with Crippen molar-refractivity contribution in [2.75, 3.05) is 25.1 Å². The molecular formula is C24H26ClNO2. The van der Waals surface area contributed by atoms with Gasteiger partial charge in [0.15, 0.2) is 0 Å². The first-order valence-electron chi connectivity index (χ1n) is 9.52. The molecule has 3 aromatic rings. The minimum Gasteiger partial charge on any atom is -0.493 e. The highest BCUT2D eigenvalue weighted by atomic mass is 35.5. The molecule has 4 heteroatoms. The van der Waals surface area contributed by atoms with Crippen molar-refractivity contribution in [3.8, 4) is 11.5 Å². The van der Waals surface area contributed by atoms with Gasteiger partial charge in [-0.2, -0.15) is 0 Å². The van der Waals surface area contributed by atoms with Gasteiger partial charge in [0.1, 0.15) is 18.1 Å². The molecule has 146 valence electrons. The molecular weight excluding hydrogens is 370 g/mol. The number of halogens is 1. The molecule has 3 aromatic carbocycles. The predicted molar refractivity (Wildman–Crippen MR) is 117 cm³/mol. The van der Waals surface area contributed by atoms with Crippen molar-refractivity contribution in [3.05, 3.63) is 88.4 Å². The van der Waals surface area contributed by atoms with Gasteiger partial charge in [0.2, 0.25) is 0 Å². The van der Waals surface area contributed by atoms with E-state index in [-0.39, 0.29) is 0 Å². The molecule has 0 aliphatic carbocycles. The topological polar surface area (TPSA) is 30.5 Å². The van der Waals surface area contributed by atoms with E-state index in [2.05, 4.69) is 29.6 Å². The molecule has 0 saturated carbocycles. The van der Waals surface area contributed by atoms with Gasteiger partial charge in [-0.15, -0.1) is 0 Å². The lowest BCUT2D eigenvalue weighted by atomic mass is 10.1. The van der Waals surface area contributed by atoms with Crippen LogP contribution in [-0.4, -0.2) is 19.8 Å². The minimum absolute atomic E-state index is 0.579. The average molecular weight is 396 g/mol. The number of benzene rings is 3. The Hall–Kier alpha value is -2.65. The van der Waals surface area contributed by atoms with Gasteiger partial charge in [-0.25, -0.2) is 0 Å². The zero-order valence-corrected chi connectivity index (χ0v) is 17.1. The smallest absolute Gasteiger partial charge is 0.120 e. The normalized spacial score (nSPS) is 10.5. The first-order chi connectivity index (χ1) is 13.6. The monoisotopic (exact) mass is 395 g/mol. The van der Waals surface area contributed by atoms with Gasteiger partial charge in [0.25, 0.3) is 0 Å². The molecule has 0 amide bonds. The van der Waals surface area contributed by atoms with E-state index in [0.717, 1.165) is 46.3 Å². The van der Waals surface area contributed by atoms with Crippen molar-refractivity contribution in [3.63, 3.8) is 0 Å². The molecule has 28 heavy (non-hydrogen) atoms. The first-order valence-corrected chi connectivity index (χ1v) is 9.90. The number of aryl methyl sites for hydroxylation is 2. The van der Waals surface area contributed by atoms with E-state index in [0.29, 0.717) is 13.2 Å². The molecule has 3 nitrogen and oxygen atoms in total.